The summed E-state index contributed by atoms with van der Waals surface area (Å²) in [5.41, 5.74) is 0.520. The zero-order valence-electron chi connectivity index (χ0n) is 8.07. The van der Waals surface area contributed by atoms with Gasteiger partial charge in [0.2, 0.25) is 0 Å². The molecule has 0 fully saturated rings. The predicted molar refractivity (Wildman–Crippen MR) is 51.3 cm³/mol. The summed E-state index contributed by atoms with van der Waals surface area (Å²) in [7, 11) is 3.43. The molecular weight excluding hydrogens is 138 g/mol. The molecule has 0 aliphatic heterocycles. The molecule has 0 aliphatic carbocycles. The fraction of sp³-hybridized carbons (Fsp3) is 1.00. The summed E-state index contributed by atoms with van der Waals surface area (Å²) in [5, 5.41) is 0. The van der Waals surface area contributed by atoms with Crippen LogP contribution in [-0.2, 0) is 0 Å². The maximum Gasteiger partial charge on any atom is 0.0787 e. The molecule has 0 saturated carbocycles. The van der Waals surface area contributed by atoms with Crippen molar-refractivity contribution in [2.45, 2.75) is 45.6 Å². The third-order valence-corrected chi connectivity index (χ3v) is 3.87. The molecule has 0 spiro atoms. The molecule has 0 aromatic rings. The van der Waals surface area contributed by atoms with Crippen LogP contribution in [-0.4, -0.2) is 27.6 Å². The van der Waals surface area contributed by atoms with Crippen LogP contribution in [0, 0.1) is 0 Å². The fourth-order valence-electron chi connectivity index (χ4n) is 1.70. The average molecular weight is 159 g/mol. The lowest BCUT2D eigenvalue weighted by Gasteiger charge is -2.38. The highest BCUT2D eigenvalue weighted by Gasteiger charge is 2.24. The van der Waals surface area contributed by atoms with Crippen molar-refractivity contribution in [1.82, 2.24) is 4.57 Å². The Bertz CT molecular complexity index is 79.0. The van der Waals surface area contributed by atoms with Crippen LogP contribution in [0.25, 0.3) is 0 Å². The molecule has 0 amide bonds. The van der Waals surface area contributed by atoms with Gasteiger partial charge in [0.05, 0.1) is 10.4 Å². The van der Waals surface area contributed by atoms with Crippen LogP contribution < -0.4 is 0 Å². The standard InChI is InChI=1S/C8H21NSi/c1-5-8(6-2,7-3)9(4)10/h5-7H2,1-4,10H3. The van der Waals surface area contributed by atoms with E-state index >= 15 is 0 Å². The molecule has 0 aromatic heterocycles. The zero-order valence-corrected chi connectivity index (χ0v) is 10.1. The van der Waals surface area contributed by atoms with Gasteiger partial charge in [0, 0.05) is 5.54 Å². The van der Waals surface area contributed by atoms with Crippen LogP contribution in [0.4, 0.5) is 0 Å². The van der Waals surface area contributed by atoms with E-state index in [1.807, 2.05) is 0 Å². The number of rotatable bonds is 4. The van der Waals surface area contributed by atoms with Crippen LogP contribution in [0.1, 0.15) is 40.0 Å². The van der Waals surface area contributed by atoms with Crippen molar-refractivity contribution in [3.8, 4) is 0 Å². The van der Waals surface area contributed by atoms with E-state index in [-0.39, 0.29) is 0 Å². The normalized spacial score (nSPS) is 12.9. The van der Waals surface area contributed by atoms with Gasteiger partial charge >= 0.3 is 0 Å². The van der Waals surface area contributed by atoms with Gasteiger partial charge in [-0.05, 0) is 26.3 Å². The first-order valence-electron chi connectivity index (χ1n) is 4.30. The van der Waals surface area contributed by atoms with E-state index in [4.69, 9.17) is 0 Å². The van der Waals surface area contributed by atoms with Gasteiger partial charge in [-0.3, -0.25) is 0 Å². The van der Waals surface area contributed by atoms with Crippen LogP contribution in [0.15, 0.2) is 0 Å². The smallest absolute Gasteiger partial charge is 0.0787 e. The first-order chi connectivity index (χ1) is 4.63. The summed E-state index contributed by atoms with van der Waals surface area (Å²) in [5.74, 6) is 0. The second-order valence-electron chi connectivity index (χ2n) is 3.18. The monoisotopic (exact) mass is 159 g/mol. The van der Waals surface area contributed by atoms with E-state index in [1.165, 1.54) is 29.7 Å². The fourth-order valence-corrected chi connectivity index (χ4v) is 2.65. The molecule has 0 saturated heterocycles. The highest BCUT2D eigenvalue weighted by Crippen LogP contribution is 2.24. The Kier molecular flexibility index (Phi) is 4.21. The van der Waals surface area contributed by atoms with Gasteiger partial charge in [0.1, 0.15) is 0 Å². The third-order valence-electron chi connectivity index (χ3n) is 2.92. The quantitative estimate of drug-likeness (QED) is 0.557. The van der Waals surface area contributed by atoms with Crippen LogP contribution in [0.2, 0.25) is 0 Å². The predicted octanol–water partition coefficient (Wildman–Crippen LogP) is 1.17. The SMILES string of the molecule is CCC(CC)(CC)N(C)[SiH3]. The van der Waals surface area contributed by atoms with E-state index in [0.717, 1.165) is 0 Å². The first kappa shape index (κ1) is 10.2. The maximum atomic E-state index is 2.49. The molecule has 0 radical (unpaired) electrons. The third kappa shape index (κ3) is 1.83. The van der Waals surface area contributed by atoms with E-state index in [9.17, 15) is 0 Å². The zero-order chi connectivity index (χ0) is 8.20. The molecule has 0 heterocycles. The Hall–Kier alpha value is 0.177. The Morgan fingerprint density at radius 1 is 1.10 bits per heavy atom. The summed E-state index contributed by atoms with van der Waals surface area (Å²) < 4.78 is 2.49. The lowest BCUT2D eigenvalue weighted by Crippen LogP contribution is -2.43. The first-order valence-corrected chi connectivity index (χ1v) is 5.19. The van der Waals surface area contributed by atoms with Crippen molar-refractivity contribution in [1.29, 1.82) is 0 Å². The molecule has 0 atom stereocenters. The summed E-state index contributed by atoms with van der Waals surface area (Å²) in [6, 6.07) is 0. The number of nitrogens with zero attached hydrogens (tertiary/aromatic N) is 1. The summed E-state index contributed by atoms with van der Waals surface area (Å²) in [4.78, 5) is 0. The number of hydrogen-bond donors (Lipinski definition) is 0. The van der Waals surface area contributed by atoms with Crippen molar-refractivity contribution < 1.29 is 0 Å². The molecule has 0 N–H and O–H groups in total. The highest BCUT2D eigenvalue weighted by atomic mass is 28.2. The molecular formula is C8H21NSi. The topological polar surface area (TPSA) is 3.24 Å². The molecule has 1 nitrogen and oxygen atoms in total. The lowest BCUT2D eigenvalue weighted by atomic mass is 9.90. The van der Waals surface area contributed by atoms with Gasteiger partial charge in [-0.15, -0.1) is 0 Å². The Morgan fingerprint density at radius 3 is 1.40 bits per heavy atom. The van der Waals surface area contributed by atoms with Crippen molar-refractivity contribution >= 4 is 10.4 Å². The Balaban J connectivity index is 4.15. The van der Waals surface area contributed by atoms with Crippen LogP contribution in [0.5, 0.6) is 0 Å². The molecule has 2 heteroatoms. The molecule has 0 aliphatic rings. The average Bonchev–Trinajstić information content (AvgIpc) is 1.92. The van der Waals surface area contributed by atoms with E-state index in [1.54, 1.807) is 0 Å². The molecule has 0 unspecified atom stereocenters. The van der Waals surface area contributed by atoms with E-state index in [0.29, 0.717) is 5.54 Å². The minimum absolute atomic E-state index is 0.520. The Morgan fingerprint density at radius 2 is 1.40 bits per heavy atom. The van der Waals surface area contributed by atoms with E-state index in [2.05, 4.69) is 32.4 Å². The van der Waals surface area contributed by atoms with Gasteiger partial charge < -0.3 is 4.57 Å². The molecule has 0 bridgehead atoms. The highest BCUT2D eigenvalue weighted by molar-refractivity contribution is 6.04. The summed E-state index contributed by atoms with van der Waals surface area (Å²) in [6.45, 7) is 6.88. The molecule has 0 rings (SSSR count). The second kappa shape index (κ2) is 4.14. The van der Waals surface area contributed by atoms with Gasteiger partial charge in [-0.25, -0.2) is 0 Å². The molecule has 62 valence electrons. The van der Waals surface area contributed by atoms with Gasteiger partial charge in [-0.1, -0.05) is 20.8 Å². The lowest BCUT2D eigenvalue weighted by molar-refractivity contribution is 0.198. The Labute approximate surface area is 68.3 Å². The second-order valence-corrected chi connectivity index (χ2v) is 4.52. The van der Waals surface area contributed by atoms with Crippen molar-refractivity contribution in [2.75, 3.05) is 7.05 Å². The van der Waals surface area contributed by atoms with Crippen molar-refractivity contribution in [3.05, 3.63) is 0 Å². The number of hydrogen-bond acceptors (Lipinski definition) is 1. The van der Waals surface area contributed by atoms with Gasteiger partial charge in [-0.2, -0.15) is 0 Å². The van der Waals surface area contributed by atoms with E-state index < -0.39 is 0 Å². The summed E-state index contributed by atoms with van der Waals surface area (Å²) >= 11 is 0. The summed E-state index contributed by atoms with van der Waals surface area (Å²) in [6.07, 6.45) is 3.88. The largest absolute Gasteiger partial charge is 0.330 e. The maximum absolute atomic E-state index is 2.49. The van der Waals surface area contributed by atoms with Crippen LogP contribution >= 0.6 is 0 Å². The minimum Gasteiger partial charge on any atom is -0.330 e. The van der Waals surface area contributed by atoms with Gasteiger partial charge in [0.25, 0.3) is 0 Å². The van der Waals surface area contributed by atoms with Gasteiger partial charge in [0.15, 0.2) is 0 Å². The van der Waals surface area contributed by atoms with Crippen molar-refractivity contribution in [2.24, 2.45) is 0 Å². The molecule has 10 heavy (non-hydrogen) atoms. The van der Waals surface area contributed by atoms with Crippen molar-refractivity contribution in [3.63, 3.8) is 0 Å². The minimum atomic E-state index is 0.520. The van der Waals surface area contributed by atoms with Crippen LogP contribution in [0.3, 0.4) is 0 Å². The molecule has 0 aromatic carbocycles.